The summed E-state index contributed by atoms with van der Waals surface area (Å²) in [5.74, 6) is 0.779. The van der Waals surface area contributed by atoms with Crippen molar-refractivity contribution in [2.45, 2.75) is 25.2 Å². The lowest BCUT2D eigenvalue weighted by atomic mass is 10.0. The van der Waals surface area contributed by atoms with Crippen LogP contribution in [0, 0.1) is 0 Å². The summed E-state index contributed by atoms with van der Waals surface area (Å²) in [6, 6.07) is 2.27. The summed E-state index contributed by atoms with van der Waals surface area (Å²) in [7, 11) is 0. The standard InChI is InChI=1S/C9H13NS/c10-5-3-7-1-2-9-8(7)4-6-11-9/h4,6-7H,1-3,5,10H2. The first-order valence-corrected chi connectivity index (χ1v) is 5.06. The first kappa shape index (κ1) is 7.32. The smallest absolute Gasteiger partial charge is 0.00802 e. The van der Waals surface area contributed by atoms with E-state index in [4.69, 9.17) is 5.73 Å². The average molecular weight is 167 g/mol. The molecule has 0 fully saturated rings. The SMILES string of the molecule is NCCC1CCc2sccc21. The predicted octanol–water partition coefficient (Wildman–Crippen LogP) is 2.13. The van der Waals surface area contributed by atoms with Crippen LogP contribution in [0.1, 0.15) is 29.2 Å². The van der Waals surface area contributed by atoms with Gasteiger partial charge in [0.25, 0.3) is 0 Å². The molecule has 1 aromatic heterocycles. The molecule has 0 bridgehead atoms. The summed E-state index contributed by atoms with van der Waals surface area (Å²) in [5.41, 5.74) is 7.12. The highest BCUT2D eigenvalue weighted by molar-refractivity contribution is 7.10. The van der Waals surface area contributed by atoms with Crippen molar-refractivity contribution in [3.8, 4) is 0 Å². The van der Waals surface area contributed by atoms with Gasteiger partial charge < -0.3 is 5.73 Å². The van der Waals surface area contributed by atoms with Crippen LogP contribution in [0.25, 0.3) is 0 Å². The summed E-state index contributed by atoms with van der Waals surface area (Å²) in [6.07, 6.45) is 3.79. The van der Waals surface area contributed by atoms with Crippen molar-refractivity contribution in [1.82, 2.24) is 0 Å². The van der Waals surface area contributed by atoms with Crippen LogP contribution >= 0.6 is 11.3 Å². The Kier molecular flexibility index (Phi) is 1.96. The normalized spacial score (nSPS) is 22.1. The second-order valence-corrected chi connectivity index (χ2v) is 4.11. The maximum Gasteiger partial charge on any atom is 0.00802 e. The van der Waals surface area contributed by atoms with Crippen LogP contribution in [0.15, 0.2) is 11.4 Å². The highest BCUT2D eigenvalue weighted by Crippen LogP contribution is 2.37. The zero-order chi connectivity index (χ0) is 7.68. The van der Waals surface area contributed by atoms with E-state index in [2.05, 4.69) is 11.4 Å². The van der Waals surface area contributed by atoms with Gasteiger partial charge in [-0.05, 0) is 48.7 Å². The Hall–Kier alpha value is -0.340. The fraction of sp³-hybridized carbons (Fsp3) is 0.556. The van der Waals surface area contributed by atoms with E-state index in [1.807, 2.05) is 11.3 Å². The largest absolute Gasteiger partial charge is 0.330 e. The van der Waals surface area contributed by atoms with E-state index in [1.54, 1.807) is 10.4 Å². The average Bonchev–Trinajstić information content (AvgIpc) is 2.53. The molecule has 2 rings (SSSR count). The molecule has 1 nitrogen and oxygen atoms in total. The van der Waals surface area contributed by atoms with Gasteiger partial charge in [0, 0.05) is 4.88 Å². The van der Waals surface area contributed by atoms with E-state index in [0.717, 1.165) is 12.5 Å². The van der Waals surface area contributed by atoms with Crippen LogP contribution in [0.4, 0.5) is 0 Å². The molecule has 1 aliphatic rings. The number of rotatable bonds is 2. The number of hydrogen-bond acceptors (Lipinski definition) is 2. The first-order chi connectivity index (χ1) is 5.42. The Morgan fingerprint density at radius 1 is 1.64 bits per heavy atom. The van der Waals surface area contributed by atoms with Gasteiger partial charge in [0.2, 0.25) is 0 Å². The number of hydrogen-bond donors (Lipinski definition) is 1. The zero-order valence-electron chi connectivity index (χ0n) is 6.55. The second-order valence-electron chi connectivity index (χ2n) is 3.11. The monoisotopic (exact) mass is 167 g/mol. The maximum absolute atomic E-state index is 5.54. The highest BCUT2D eigenvalue weighted by Gasteiger charge is 2.22. The van der Waals surface area contributed by atoms with Crippen molar-refractivity contribution in [2.75, 3.05) is 6.54 Å². The van der Waals surface area contributed by atoms with Gasteiger partial charge in [-0.1, -0.05) is 0 Å². The summed E-state index contributed by atoms with van der Waals surface area (Å²) in [4.78, 5) is 1.60. The van der Waals surface area contributed by atoms with Crippen molar-refractivity contribution < 1.29 is 0 Å². The van der Waals surface area contributed by atoms with Crippen molar-refractivity contribution in [2.24, 2.45) is 5.73 Å². The van der Waals surface area contributed by atoms with Crippen LogP contribution < -0.4 is 5.73 Å². The quantitative estimate of drug-likeness (QED) is 0.717. The summed E-state index contributed by atoms with van der Waals surface area (Å²) in [6.45, 7) is 0.833. The molecule has 2 heteroatoms. The van der Waals surface area contributed by atoms with Crippen LogP contribution in [0.2, 0.25) is 0 Å². The third-order valence-corrected chi connectivity index (χ3v) is 3.45. The van der Waals surface area contributed by atoms with E-state index >= 15 is 0 Å². The van der Waals surface area contributed by atoms with E-state index < -0.39 is 0 Å². The highest BCUT2D eigenvalue weighted by atomic mass is 32.1. The summed E-state index contributed by atoms with van der Waals surface area (Å²) < 4.78 is 0. The molecule has 1 unspecified atom stereocenters. The molecular formula is C9H13NS. The third kappa shape index (κ3) is 1.21. The van der Waals surface area contributed by atoms with E-state index in [1.165, 1.54) is 19.3 Å². The van der Waals surface area contributed by atoms with E-state index in [0.29, 0.717) is 0 Å². The molecule has 0 aromatic carbocycles. The zero-order valence-corrected chi connectivity index (χ0v) is 7.36. The maximum atomic E-state index is 5.54. The van der Waals surface area contributed by atoms with Gasteiger partial charge in [0.05, 0.1) is 0 Å². The van der Waals surface area contributed by atoms with Crippen molar-refractivity contribution in [1.29, 1.82) is 0 Å². The van der Waals surface area contributed by atoms with E-state index in [-0.39, 0.29) is 0 Å². The molecule has 0 amide bonds. The van der Waals surface area contributed by atoms with Gasteiger partial charge in [-0.2, -0.15) is 0 Å². The van der Waals surface area contributed by atoms with Crippen molar-refractivity contribution >= 4 is 11.3 Å². The topological polar surface area (TPSA) is 26.0 Å². The molecule has 0 aliphatic heterocycles. The number of nitrogens with two attached hydrogens (primary N) is 1. The van der Waals surface area contributed by atoms with Crippen LogP contribution in [0.3, 0.4) is 0 Å². The van der Waals surface area contributed by atoms with Crippen molar-refractivity contribution in [3.63, 3.8) is 0 Å². The summed E-state index contributed by atoms with van der Waals surface area (Å²) >= 11 is 1.90. The number of fused-ring (bicyclic) bond motifs is 1. The lowest BCUT2D eigenvalue weighted by Crippen LogP contribution is -2.04. The Bertz CT molecular complexity index is 241. The lowest BCUT2D eigenvalue weighted by Gasteiger charge is -2.06. The second kappa shape index (κ2) is 2.95. The fourth-order valence-corrected chi connectivity index (χ4v) is 2.86. The van der Waals surface area contributed by atoms with Crippen LogP contribution in [0.5, 0.6) is 0 Å². The Labute approximate surface area is 71.2 Å². The first-order valence-electron chi connectivity index (χ1n) is 4.18. The van der Waals surface area contributed by atoms with Crippen molar-refractivity contribution in [3.05, 3.63) is 21.9 Å². The van der Waals surface area contributed by atoms with Gasteiger partial charge in [-0.15, -0.1) is 11.3 Å². The third-order valence-electron chi connectivity index (χ3n) is 2.45. The van der Waals surface area contributed by atoms with Crippen LogP contribution in [-0.4, -0.2) is 6.54 Å². The minimum Gasteiger partial charge on any atom is -0.330 e. The molecule has 0 radical (unpaired) electrons. The molecule has 0 saturated heterocycles. The van der Waals surface area contributed by atoms with Crippen LogP contribution in [-0.2, 0) is 6.42 Å². The molecule has 2 N–H and O–H groups in total. The Balaban J connectivity index is 2.18. The molecule has 1 aliphatic carbocycles. The minimum atomic E-state index is 0.779. The lowest BCUT2D eigenvalue weighted by molar-refractivity contribution is 0.627. The molecule has 1 atom stereocenters. The number of aryl methyl sites for hydroxylation is 1. The number of thiophene rings is 1. The van der Waals surface area contributed by atoms with Gasteiger partial charge in [-0.25, -0.2) is 0 Å². The molecule has 1 aromatic rings. The molecule has 60 valence electrons. The Morgan fingerprint density at radius 2 is 2.55 bits per heavy atom. The Morgan fingerprint density at radius 3 is 3.36 bits per heavy atom. The minimum absolute atomic E-state index is 0.779. The summed E-state index contributed by atoms with van der Waals surface area (Å²) in [5, 5.41) is 2.20. The van der Waals surface area contributed by atoms with Gasteiger partial charge >= 0.3 is 0 Å². The van der Waals surface area contributed by atoms with Gasteiger partial charge in [0.1, 0.15) is 0 Å². The van der Waals surface area contributed by atoms with Gasteiger partial charge in [0.15, 0.2) is 0 Å². The molecule has 1 heterocycles. The van der Waals surface area contributed by atoms with E-state index in [9.17, 15) is 0 Å². The molecular weight excluding hydrogens is 154 g/mol. The molecule has 11 heavy (non-hydrogen) atoms. The molecule has 0 spiro atoms. The predicted molar refractivity (Wildman–Crippen MR) is 49.1 cm³/mol. The fourth-order valence-electron chi connectivity index (χ4n) is 1.88. The molecule has 0 saturated carbocycles. The van der Waals surface area contributed by atoms with Gasteiger partial charge in [-0.3, -0.25) is 0 Å².